The SMILES string of the molecule is O=COCN(COC=O)[C@@H](Cc1ccc([N+](=O)[O-])cc1)CN(COC=O)[C@@H]1CCCC[C@H]1N(CC(=O)O)CC(=O)O. The van der Waals surface area contributed by atoms with Gasteiger partial charge in [0.2, 0.25) is 0 Å². The van der Waals surface area contributed by atoms with Crippen molar-refractivity contribution in [3.8, 4) is 0 Å². The molecule has 1 aliphatic rings. The average Bonchev–Trinajstić information content (AvgIpc) is 2.94. The summed E-state index contributed by atoms with van der Waals surface area (Å²) < 4.78 is 15.0. The van der Waals surface area contributed by atoms with E-state index in [1.165, 1.54) is 21.9 Å². The molecule has 0 unspecified atom stereocenters. The van der Waals surface area contributed by atoms with Gasteiger partial charge in [-0.05, 0) is 24.8 Å². The fourth-order valence-electron chi connectivity index (χ4n) is 5.10. The third-order valence-corrected chi connectivity index (χ3v) is 6.81. The number of aliphatic carboxylic acids is 2. The lowest BCUT2D eigenvalue weighted by Gasteiger charge is -2.45. The van der Waals surface area contributed by atoms with Crippen molar-refractivity contribution in [2.45, 2.75) is 50.2 Å². The molecule has 0 saturated heterocycles. The predicted octanol–water partition coefficient (Wildman–Crippen LogP) is 0.284. The second-order valence-corrected chi connectivity index (χ2v) is 9.43. The molecule has 3 atom stereocenters. The van der Waals surface area contributed by atoms with Crippen molar-refractivity contribution in [1.29, 1.82) is 0 Å². The Kier molecular flexibility index (Phi) is 14.1. The van der Waals surface area contributed by atoms with Crippen molar-refractivity contribution in [1.82, 2.24) is 14.7 Å². The third kappa shape index (κ3) is 11.1. The van der Waals surface area contributed by atoms with Gasteiger partial charge in [-0.15, -0.1) is 0 Å². The van der Waals surface area contributed by atoms with Gasteiger partial charge in [-0.3, -0.25) is 43.9 Å². The van der Waals surface area contributed by atoms with Gasteiger partial charge in [0, 0.05) is 36.8 Å². The number of carboxylic acid groups (broad SMARTS) is 2. The molecule has 226 valence electrons. The van der Waals surface area contributed by atoms with Crippen LogP contribution in [0.4, 0.5) is 5.69 Å². The van der Waals surface area contributed by atoms with Gasteiger partial charge in [-0.25, -0.2) is 4.90 Å². The second kappa shape index (κ2) is 17.5. The van der Waals surface area contributed by atoms with E-state index >= 15 is 0 Å². The molecule has 2 rings (SSSR count). The molecule has 0 spiro atoms. The molecule has 0 radical (unpaired) electrons. The van der Waals surface area contributed by atoms with Gasteiger partial charge in [-0.1, -0.05) is 25.0 Å². The maximum atomic E-state index is 11.6. The quantitative estimate of drug-likeness (QED) is 0.0656. The zero-order valence-electron chi connectivity index (χ0n) is 22.3. The molecule has 2 N–H and O–H groups in total. The summed E-state index contributed by atoms with van der Waals surface area (Å²) in [5, 5.41) is 30.0. The highest BCUT2D eigenvalue weighted by Gasteiger charge is 2.37. The lowest BCUT2D eigenvalue weighted by molar-refractivity contribution is -0.384. The molecule has 16 heteroatoms. The van der Waals surface area contributed by atoms with E-state index in [2.05, 4.69) is 0 Å². The first-order chi connectivity index (χ1) is 19.7. The molecule has 41 heavy (non-hydrogen) atoms. The van der Waals surface area contributed by atoms with E-state index in [0.717, 1.165) is 12.8 Å². The third-order valence-electron chi connectivity index (χ3n) is 6.81. The number of nitro benzene ring substituents is 1. The molecule has 0 aliphatic heterocycles. The molecule has 0 bridgehead atoms. The topological polar surface area (TPSA) is 206 Å². The van der Waals surface area contributed by atoms with Crippen LogP contribution in [-0.2, 0) is 44.6 Å². The van der Waals surface area contributed by atoms with Crippen LogP contribution in [0.1, 0.15) is 31.2 Å². The van der Waals surface area contributed by atoms with Gasteiger partial charge >= 0.3 is 11.9 Å². The van der Waals surface area contributed by atoms with Crippen LogP contribution in [0.25, 0.3) is 0 Å². The van der Waals surface area contributed by atoms with Gasteiger partial charge in [0.1, 0.15) is 20.2 Å². The van der Waals surface area contributed by atoms with Gasteiger partial charge in [0.15, 0.2) is 0 Å². The average molecular weight is 583 g/mol. The minimum Gasteiger partial charge on any atom is -0.480 e. The summed E-state index contributed by atoms with van der Waals surface area (Å²) in [5.74, 6) is -2.38. The minimum atomic E-state index is -1.19. The normalized spacial score (nSPS) is 17.5. The van der Waals surface area contributed by atoms with Crippen LogP contribution in [-0.4, -0.2) is 119 Å². The van der Waals surface area contributed by atoms with Gasteiger partial charge in [-0.2, -0.15) is 0 Å². The summed E-state index contributed by atoms with van der Waals surface area (Å²) in [7, 11) is 0. The van der Waals surface area contributed by atoms with Crippen LogP contribution in [0.15, 0.2) is 24.3 Å². The van der Waals surface area contributed by atoms with Gasteiger partial charge in [0.25, 0.3) is 25.1 Å². The number of carbonyl (C=O) groups is 5. The standard InChI is InChI=1S/C25H34N4O12/c30-16-39-13-27(23-4-2-1-3-22(23)26(11-24(33)34)12-25(35)36)10-21(28(14-40-17-31)15-41-18-32)9-19-5-7-20(8-6-19)29(37)38/h5-8,16-18,21-23H,1-4,9-15H2,(H,33,34)(H,35,36)/t21-,22+,23+/m0/s1. The van der Waals surface area contributed by atoms with Crippen LogP contribution in [0.5, 0.6) is 0 Å². The number of carboxylic acids is 2. The molecule has 1 fully saturated rings. The van der Waals surface area contributed by atoms with Gasteiger partial charge < -0.3 is 24.4 Å². The highest BCUT2D eigenvalue weighted by Crippen LogP contribution is 2.28. The molecule has 0 amide bonds. The minimum absolute atomic E-state index is 0.112. The van der Waals surface area contributed by atoms with E-state index in [9.17, 15) is 44.3 Å². The maximum Gasteiger partial charge on any atom is 0.317 e. The monoisotopic (exact) mass is 582 g/mol. The van der Waals surface area contributed by atoms with E-state index in [1.54, 1.807) is 17.0 Å². The van der Waals surface area contributed by atoms with Crippen molar-refractivity contribution >= 4 is 37.0 Å². The van der Waals surface area contributed by atoms with E-state index < -0.39 is 48.1 Å². The van der Waals surface area contributed by atoms with Crippen LogP contribution in [0.2, 0.25) is 0 Å². The Hall–Kier alpha value is -4.15. The fourth-order valence-corrected chi connectivity index (χ4v) is 5.10. The number of nitrogens with zero attached hydrogens (tertiary/aromatic N) is 4. The van der Waals surface area contributed by atoms with E-state index in [4.69, 9.17) is 14.2 Å². The highest BCUT2D eigenvalue weighted by molar-refractivity contribution is 5.72. The Labute approximate surface area is 235 Å². The summed E-state index contributed by atoms with van der Waals surface area (Å²) in [4.78, 5) is 71.5. The Morgan fingerprint density at radius 3 is 1.83 bits per heavy atom. The first-order valence-corrected chi connectivity index (χ1v) is 12.7. The van der Waals surface area contributed by atoms with Crippen molar-refractivity contribution < 1.29 is 53.3 Å². The molecular formula is C25H34N4O12. The van der Waals surface area contributed by atoms with Crippen molar-refractivity contribution in [2.75, 3.05) is 39.8 Å². The number of hydrogen-bond donors (Lipinski definition) is 2. The number of nitro groups is 1. The number of benzene rings is 1. The van der Waals surface area contributed by atoms with Crippen molar-refractivity contribution in [3.63, 3.8) is 0 Å². The summed E-state index contributed by atoms with van der Waals surface area (Å²) in [5.41, 5.74) is 0.552. The molecular weight excluding hydrogens is 548 g/mol. The Morgan fingerprint density at radius 2 is 1.37 bits per heavy atom. The maximum absolute atomic E-state index is 11.6. The largest absolute Gasteiger partial charge is 0.480 e. The molecule has 0 aromatic heterocycles. The first kappa shape index (κ1) is 33.1. The molecule has 1 aromatic rings. The van der Waals surface area contributed by atoms with Crippen molar-refractivity contribution in [3.05, 3.63) is 39.9 Å². The smallest absolute Gasteiger partial charge is 0.317 e. The first-order valence-electron chi connectivity index (χ1n) is 12.7. The van der Waals surface area contributed by atoms with Crippen LogP contribution in [0, 0.1) is 10.1 Å². The van der Waals surface area contributed by atoms with E-state index in [-0.39, 0.29) is 58.3 Å². The zero-order chi connectivity index (χ0) is 30.2. The number of hydrogen-bond acceptors (Lipinski definition) is 13. The highest BCUT2D eigenvalue weighted by atomic mass is 16.6. The van der Waals surface area contributed by atoms with E-state index in [1.807, 2.05) is 0 Å². The zero-order valence-corrected chi connectivity index (χ0v) is 22.3. The van der Waals surface area contributed by atoms with Crippen molar-refractivity contribution in [2.24, 2.45) is 0 Å². The summed E-state index contributed by atoms with van der Waals surface area (Å²) in [6, 6.07) is 4.27. The van der Waals surface area contributed by atoms with Crippen LogP contribution in [0.3, 0.4) is 0 Å². The summed E-state index contributed by atoms with van der Waals surface area (Å²) >= 11 is 0. The molecule has 1 saturated carbocycles. The Morgan fingerprint density at radius 1 is 0.878 bits per heavy atom. The number of rotatable bonds is 21. The van der Waals surface area contributed by atoms with E-state index in [0.29, 0.717) is 18.4 Å². The predicted molar refractivity (Wildman–Crippen MR) is 138 cm³/mol. The molecule has 16 nitrogen and oxygen atoms in total. The Balaban J connectivity index is 2.46. The second-order valence-electron chi connectivity index (χ2n) is 9.43. The molecule has 0 heterocycles. The number of carbonyl (C=O) groups excluding carboxylic acids is 3. The summed E-state index contributed by atoms with van der Waals surface area (Å²) in [6.07, 6.45) is 2.76. The van der Waals surface area contributed by atoms with Crippen LogP contribution < -0.4 is 0 Å². The van der Waals surface area contributed by atoms with Crippen LogP contribution >= 0.6 is 0 Å². The number of non-ortho nitro benzene ring substituents is 1. The lowest BCUT2D eigenvalue weighted by atomic mass is 9.87. The van der Waals surface area contributed by atoms with Gasteiger partial charge in [0.05, 0.1) is 18.0 Å². The number of ether oxygens (including phenoxy) is 3. The lowest BCUT2D eigenvalue weighted by Crippen LogP contribution is -2.58. The Bertz CT molecular complexity index is 996. The molecule has 1 aromatic carbocycles. The summed E-state index contributed by atoms with van der Waals surface area (Å²) in [6.45, 7) is -0.982. The molecule has 1 aliphatic carbocycles. The fraction of sp³-hybridized carbons (Fsp3) is 0.560.